The molecule has 0 spiro atoms. The Morgan fingerprint density at radius 1 is 1.47 bits per heavy atom. The molecule has 7 heteroatoms. The zero-order chi connectivity index (χ0) is 13.6. The molecule has 1 aromatic heterocycles. The van der Waals surface area contributed by atoms with E-state index in [1.165, 1.54) is 0 Å². The van der Waals surface area contributed by atoms with E-state index < -0.39 is 0 Å². The first kappa shape index (κ1) is 12.4. The van der Waals surface area contributed by atoms with E-state index in [2.05, 4.69) is 15.0 Å². The van der Waals surface area contributed by atoms with Gasteiger partial charge >= 0.3 is 6.03 Å². The van der Waals surface area contributed by atoms with Crippen molar-refractivity contribution in [2.45, 2.75) is 44.8 Å². The molecule has 19 heavy (non-hydrogen) atoms. The number of primary amides is 1. The summed E-state index contributed by atoms with van der Waals surface area (Å²) in [7, 11) is 0. The van der Waals surface area contributed by atoms with Crippen molar-refractivity contribution in [3.05, 3.63) is 11.7 Å². The van der Waals surface area contributed by atoms with Crippen LogP contribution in [0.2, 0.25) is 0 Å². The highest BCUT2D eigenvalue weighted by atomic mass is 16.5. The van der Waals surface area contributed by atoms with Gasteiger partial charge in [0.2, 0.25) is 5.89 Å². The van der Waals surface area contributed by atoms with E-state index in [9.17, 15) is 4.79 Å². The van der Waals surface area contributed by atoms with Crippen molar-refractivity contribution in [1.82, 2.24) is 19.9 Å². The van der Waals surface area contributed by atoms with Crippen molar-refractivity contribution >= 4 is 6.03 Å². The van der Waals surface area contributed by atoms with Gasteiger partial charge in [-0.1, -0.05) is 19.0 Å². The molecule has 2 fully saturated rings. The van der Waals surface area contributed by atoms with Gasteiger partial charge in [0.05, 0.1) is 6.54 Å². The maximum Gasteiger partial charge on any atom is 0.315 e. The van der Waals surface area contributed by atoms with E-state index in [1.54, 1.807) is 4.90 Å². The van der Waals surface area contributed by atoms with Crippen LogP contribution in [0.15, 0.2) is 4.52 Å². The van der Waals surface area contributed by atoms with Crippen LogP contribution in [0.1, 0.15) is 37.9 Å². The van der Waals surface area contributed by atoms with Crippen molar-refractivity contribution in [1.29, 1.82) is 0 Å². The highest BCUT2D eigenvalue weighted by Gasteiger charge is 2.44. The number of fused-ring (bicyclic) bond motifs is 2. The van der Waals surface area contributed by atoms with Crippen LogP contribution in [0, 0.1) is 0 Å². The summed E-state index contributed by atoms with van der Waals surface area (Å²) in [5.74, 6) is 1.68. The number of piperazine rings is 1. The quantitative estimate of drug-likeness (QED) is 0.861. The largest absolute Gasteiger partial charge is 0.351 e. The molecule has 2 amide bonds. The molecule has 0 aliphatic carbocycles. The van der Waals surface area contributed by atoms with Crippen LogP contribution >= 0.6 is 0 Å². The lowest BCUT2D eigenvalue weighted by Gasteiger charge is -2.32. The summed E-state index contributed by atoms with van der Waals surface area (Å²) in [6.45, 7) is 6.29. The van der Waals surface area contributed by atoms with E-state index in [0.717, 1.165) is 18.8 Å². The first-order chi connectivity index (χ1) is 9.04. The normalized spacial score (nSPS) is 26.6. The Morgan fingerprint density at radius 3 is 2.79 bits per heavy atom. The molecule has 2 aliphatic rings. The molecule has 3 heterocycles. The number of amides is 2. The third-order valence-electron chi connectivity index (χ3n) is 3.98. The molecule has 0 radical (unpaired) electrons. The van der Waals surface area contributed by atoms with E-state index in [0.29, 0.717) is 25.0 Å². The number of aromatic nitrogens is 2. The fourth-order valence-corrected chi connectivity index (χ4v) is 2.95. The summed E-state index contributed by atoms with van der Waals surface area (Å²) in [5.41, 5.74) is 5.35. The first-order valence-electron chi connectivity index (χ1n) is 6.67. The topological polar surface area (TPSA) is 88.5 Å². The van der Waals surface area contributed by atoms with Crippen molar-refractivity contribution in [3.8, 4) is 0 Å². The summed E-state index contributed by atoms with van der Waals surface area (Å²) in [4.78, 5) is 19.7. The fourth-order valence-electron chi connectivity index (χ4n) is 2.95. The maximum atomic E-state index is 11.2. The summed E-state index contributed by atoms with van der Waals surface area (Å²) in [5, 5.41) is 3.97. The minimum absolute atomic E-state index is 0.245. The Balaban J connectivity index is 1.62. The van der Waals surface area contributed by atoms with Gasteiger partial charge in [-0.25, -0.2) is 4.79 Å². The summed E-state index contributed by atoms with van der Waals surface area (Å²) < 4.78 is 5.26. The molecule has 2 N–H and O–H groups in total. The Labute approximate surface area is 111 Å². The SMILES string of the molecule is CC(C)c1noc(CN2C[C@@H]3C[C@H]2CN3C(N)=O)n1. The van der Waals surface area contributed by atoms with Gasteiger partial charge in [0.25, 0.3) is 0 Å². The van der Waals surface area contributed by atoms with Crippen molar-refractivity contribution < 1.29 is 9.32 Å². The number of nitrogens with zero attached hydrogens (tertiary/aromatic N) is 4. The number of urea groups is 1. The lowest BCUT2D eigenvalue weighted by atomic mass is 10.2. The molecule has 7 nitrogen and oxygen atoms in total. The molecule has 0 unspecified atom stereocenters. The van der Waals surface area contributed by atoms with E-state index in [4.69, 9.17) is 10.3 Å². The number of carbonyl (C=O) groups is 1. The van der Waals surface area contributed by atoms with Crippen LogP contribution < -0.4 is 5.73 Å². The highest BCUT2D eigenvalue weighted by Crippen LogP contribution is 2.31. The van der Waals surface area contributed by atoms with Gasteiger partial charge < -0.3 is 15.2 Å². The number of carbonyl (C=O) groups excluding carboxylic acids is 1. The number of hydrogen-bond donors (Lipinski definition) is 1. The molecule has 0 saturated carbocycles. The Kier molecular flexibility index (Phi) is 2.93. The first-order valence-corrected chi connectivity index (χ1v) is 6.67. The molecule has 2 atom stereocenters. The number of likely N-dealkylation sites (tertiary alicyclic amines) is 2. The van der Waals surface area contributed by atoms with E-state index in [-0.39, 0.29) is 18.0 Å². The van der Waals surface area contributed by atoms with E-state index >= 15 is 0 Å². The van der Waals surface area contributed by atoms with Crippen LogP contribution in [0.5, 0.6) is 0 Å². The van der Waals surface area contributed by atoms with Gasteiger partial charge in [-0.15, -0.1) is 0 Å². The lowest BCUT2D eigenvalue weighted by Crippen LogP contribution is -2.50. The Hall–Kier alpha value is -1.63. The van der Waals surface area contributed by atoms with Gasteiger partial charge in [-0.2, -0.15) is 4.98 Å². The molecular weight excluding hydrogens is 246 g/mol. The summed E-state index contributed by atoms with van der Waals surface area (Å²) in [6.07, 6.45) is 0.994. The second-order valence-electron chi connectivity index (χ2n) is 5.66. The van der Waals surface area contributed by atoms with Crippen LogP contribution in [-0.2, 0) is 6.54 Å². The second kappa shape index (κ2) is 4.48. The van der Waals surface area contributed by atoms with Gasteiger partial charge in [0, 0.05) is 31.1 Å². The average molecular weight is 265 g/mol. The van der Waals surface area contributed by atoms with E-state index in [1.807, 2.05) is 13.8 Å². The molecule has 3 rings (SSSR count). The molecule has 2 bridgehead atoms. The van der Waals surface area contributed by atoms with Crippen LogP contribution in [-0.4, -0.2) is 51.1 Å². The number of rotatable bonds is 3. The molecule has 0 aromatic carbocycles. The zero-order valence-corrected chi connectivity index (χ0v) is 11.2. The molecule has 2 saturated heterocycles. The number of nitrogens with two attached hydrogens (primary N) is 1. The molecular formula is C12H19N5O2. The third kappa shape index (κ3) is 2.18. The predicted octanol–water partition coefficient (Wildman–Crippen LogP) is 0.530. The van der Waals surface area contributed by atoms with Crippen LogP contribution in [0.3, 0.4) is 0 Å². The number of hydrogen-bond acceptors (Lipinski definition) is 5. The van der Waals surface area contributed by atoms with Crippen LogP contribution in [0.4, 0.5) is 4.79 Å². The Morgan fingerprint density at radius 2 is 2.26 bits per heavy atom. The monoisotopic (exact) mass is 265 g/mol. The molecule has 2 aliphatic heterocycles. The maximum absolute atomic E-state index is 11.2. The van der Waals surface area contributed by atoms with Crippen LogP contribution in [0.25, 0.3) is 0 Å². The predicted molar refractivity (Wildman–Crippen MR) is 67.3 cm³/mol. The fraction of sp³-hybridized carbons (Fsp3) is 0.750. The Bertz CT molecular complexity index is 486. The zero-order valence-electron chi connectivity index (χ0n) is 11.2. The standard InChI is InChI=1S/C12H19N5O2/c1-7(2)11-14-10(19-15-11)6-16-4-9-3-8(16)5-17(9)12(13)18/h7-9H,3-6H2,1-2H3,(H2,13,18)/t8-,9-/m0/s1. The van der Waals surface area contributed by atoms with Gasteiger partial charge in [0.1, 0.15) is 0 Å². The van der Waals surface area contributed by atoms with Crippen molar-refractivity contribution in [2.24, 2.45) is 5.73 Å². The molecule has 104 valence electrons. The lowest BCUT2D eigenvalue weighted by molar-refractivity contribution is 0.127. The summed E-state index contributed by atoms with van der Waals surface area (Å²) >= 11 is 0. The minimum Gasteiger partial charge on any atom is -0.351 e. The summed E-state index contributed by atoms with van der Waals surface area (Å²) in [6, 6.07) is 0.300. The average Bonchev–Trinajstić information content (AvgIpc) is 3.02. The minimum atomic E-state index is -0.313. The molecule has 1 aromatic rings. The van der Waals surface area contributed by atoms with Crippen molar-refractivity contribution in [3.63, 3.8) is 0 Å². The van der Waals surface area contributed by atoms with Gasteiger partial charge in [0.15, 0.2) is 5.82 Å². The van der Waals surface area contributed by atoms with Gasteiger partial charge in [-0.3, -0.25) is 4.90 Å². The van der Waals surface area contributed by atoms with Gasteiger partial charge in [-0.05, 0) is 6.42 Å². The smallest absolute Gasteiger partial charge is 0.315 e. The van der Waals surface area contributed by atoms with Crippen molar-refractivity contribution in [2.75, 3.05) is 13.1 Å². The second-order valence-corrected chi connectivity index (χ2v) is 5.66. The third-order valence-corrected chi connectivity index (χ3v) is 3.98. The highest BCUT2D eigenvalue weighted by molar-refractivity contribution is 5.73.